The second-order valence-corrected chi connectivity index (χ2v) is 5.25. The van der Waals surface area contributed by atoms with Crippen LogP contribution in [-0.2, 0) is 0 Å². The number of alkyl halides is 3. The van der Waals surface area contributed by atoms with E-state index in [-0.39, 0.29) is 12.5 Å². The fourth-order valence-electron chi connectivity index (χ4n) is 1.69. The van der Waals surface area contributed by atoms with E-state index in [1.807, 2.05) is 25.1 Å². The van der Waals surface area contributed by atoms with Gasteiger partial charge >= 0.3 is 6.18 Å². The Labute approximate surface area is 119 Å². The van der Waals surface area contributed by atoms with Gasteiger partial charge in [0.2, 0.25) is 0 Å². The summed E-state index contributed by atoms with van der Waals surface area (Å²) in [6.45, 7) is 1.86. The van der Waals surface area contributed by atoms with Crippen molar-refractivity contribution in [3.8, 4) is 5.75 Å². The first-order chi connectivity index (χ1) is 8.81. The lowest BCUT2D eigenvalue weighted by molar-refractivity contribution is -0.135. The molecule has 19 heavy (non-hydrogen) atoms. The maximum Gasteiger partial charge on any atom is 0.389 e. The highest BCUT2D eigenvalue weighted by atomic mass is 79.9. The van der Waals surface area contributed by atoms with Crippen molar-refractivity contribution in [3.05, 3.63) is 22.7 Å². The van der Waals surface area contributed by atoms with E-state index in [1.165, 1.54) is 0 Å². The summed E-state index contributed by atoms with van der Waals surface area (Å²) in [7, 11) is 1.57. The van der Waals surface area contributed by atoms with Crippen molar-refractivity contribution in [1.29, 1.82) is 0 Å². The van der Waals surface area contributed by atoms with E-state index in [4.69, 9.17) is 4.74 Å². The highest BCUT2D eigenvalue weighted by molar-refractivity contribution is 9.10. The van der Waals surface area contributed by atoms with Crippen molar-refractivity contribution in [3.63, 3.8) is 0 Å². The zero-order chi connectivity index (χ0) is 14.5. The molecule has 108 valence electrons. The number of halogens is 4. The smallest absolute Gasteiger partial charge is 0.389 e. The third kappa shape index (κ3) is 6.18. The first-order valence-corrected chi connectivity index (χ1v) is 6.78. The van der Waals surface area contributed by atoms with Gasteiger partial charge in [-0.25, -0.2) is 0 Å². The minimum atomic E-state index is -4.07. The topological polar surface area (TPSA) is 21.3 Å². The Morgan fingerprint density at radius 2 is 2.05 bits per heavy atom. The normalized spacial score (nSPS) is 13.2. The van der Waals surface area contributed by atoms with Crippen molar-refractivity contribution in [2.24, 2.45) is 0 Å². The minimum absolute atomic E-state index is 0.0363. The van der Waals surface area contributed by atoms with Gasteiger partial charge in [0.25, 0.3) is 0 Å². The first kappa shape index (κ1) is 16.1. The number of benzene rings is 1. The molecule has 0 saturated heterocycles. The number of rotatable bonds is 6. The molecule has 0 radical (unpaired) electrons. The van der Waals surface area contributed by atoms with Crippen LogP contribution in [0.4, 0.5) is 18.9 Å². The zero-order valence-corrected chi connectivity index (χ0v) is 12.4. The van der Waals surface area contributed by atoms with Crippen molar-refractivity contribution in [2.75, 3.05) is 12.4 Å². The molecule has 0 aliphatic carbocycles. The third-order valence-electron chi connectivity index (χ3n) is 2.67. The number of hydrogen-bond acceptors (Lipinski definition) is 2. The van der Waals surface area contributed by atoms with Crippen LogP contribution >= 0.6 is 15.9 Å². The van der Waals surface area contributed by atoms with Crippen LogP contribution in [-0.4, -0.2) is 19.3 Å². The molecule has 0 spiro atoms. The summed E-state index contributed by atoms with van der Waals surface area (Å²) in [6, 6.07) is 5.42. The van der Waals surface area contributed by atoms with E-state index in [0.717, 1.165) is 10.2 Å². The molecule has 0 fully saturated rings. The molecule has 1 unspecified atom stereocenters. The molecule has 0 heterocycles. The van der Waals surface area contributed by atoms with E-state index in [1.54, 1.807) is 7.11 Å². The lowest BCUT2D eigenvalue weighted by Gasteiger charge is -2.17. The molecular formula is C13H17BrF3NO. The quantitative estimate of drug-likeness (QED) is 0.788. The van der Waals surface area contributed by atoms with Gasteiger partial charge in [-0.15, -0.1) is 0 Å². The molecule has 1 atom stereocenters. The van der Waals surface area contributed by atoms with E-state index in [0.29, 0.717) is 12.2 Å². The Morgan fingerprint density at radius 1 is 1.37 bits per heavy atom. The lowest BCUT2D eigenvalue weighted by atomic mass is 10.1. The fourth-order valence-corrected chi connectivity index (χ4v) is 2.05. The van der Waals surface area contributed by atoms with Crippen molar-refractivity contribution < 1.29 is 17.9 Å². The summed E-state index contributed by atoms with van der Waals surface area (Å²) < 4.78 is 42.1. The SMILES string of the molecule is COc1ccc(Br)c(NC(C)CCCC(F)(F)F)c1. The van der Waals surface area contributed by atoms with Crippen LogP contribution in [0.3, 0.4) is 0 Å². The van der Waals surface area contributed by atoms with Crippen LogP contribution in [0.5, 0.6) is 5.75 Å². The van der Waals surface area contributed by atoms with Gasteiger partial charge in [-0.05, 0) is 47.8 Å². The lowest BCUT2D eigenvalue weighted by Crippen LogP contribution is -2.17. The average molecular weight is 340 g/mol. The van der Waals surface area contributed by atoms with E-state index >= 15 is 0 Å². The maximum atomic E-state index is 12.1. The summed E-state index contributed by atoms with van der Waals surface area (Å²) in [4.78, 5) is 0. The molecule has 0 aromatic heterocycles. The predicted molar refractivity (Wildman–Crippen MR) is 73.7 cm³/mol. The minimum Gasteiger partial charge on any atom is -0.497 e. The second-order valence-electron chi connectivity index (χ2n) is 4.40. The average Bonchev–Trinajstić information content (AvgIpc) is 2.30. The van der Waals surface area contributed by atoms with Crippen molar-refractivity contribution >= 4 is 21.6 Å². The van der Waals surface area contributed by atoms with E-state index in [9.17, 15) is 13.2 Å². The number of ether oxygens (including phenoxy) is 1. The van der Waals surface area contributed by atoms with Gasteiger partial charge in [0.05, 0.1) is 12.8 Å². The molecule has 1 N–H and O–H groups in total. The standard InChI is InChI=1S/C13H17BrF3NO/c1-9(4-3-7-13(15,16)17)18-12-8-10(19-2)5-6-11(12)14/h5-6,8-9,18H,3-4,7H2,1-2H3. The zero-order valence-electron chi connectivity index (χ0n) is 10.9. The monoisotopic (exact) mass is 339 g/mol. The van der Waals surface area contributed by atoms with Gasteiger partial charge in [-0.2, -0.15) is 13.2 Å². The Morgan fingerprint density at radius 3 is 2.63 bits per heavy atom. The Bertz CT molecular complexity index is 409. The van der Waals surface area contributed by atoms with Crippen LogP contribution in [0.25, 0.3) is 0 Å². The molecule has 1 rings (SSSR count). The van der Waals surface area contributed by atoms with Crippen molar-refractivity contribution in [1.82, 2.24) is 0 Å². The fraction of sp³-hybridized carbons (Fsp3) is 0.538. The molecule has 1 aromatic carbocycles. The number of hydrogen-bond donors (Lipinski definition) is 1. The van der Waals surface area contributed by atoms with Gasteiger partial charge in [0, 0.05) is 23.0 Å². The number of anilines is 1. The van der Waals surface area contributed by atoms with Gasteiger partial charge in [-0.3, -0.25) is 0 Å². The Kier molecular flexibility index (Phi) is 5.97. The molecule has 0 amide bonds. The second kappa shape index (κ2) is 7.03. The van der Waals surface area contributed by atoms with Crippen LogP contribution in [0, 0.1) is 0 Å². The van der Waals surface area contributed by atoms with Gasteiger partial charge < -0.3 is 10.1 Å². The number of methoxy groups -OCH3 is 1. The molecule has 0 saturated carbocycles. The third-order valence-corrected chi connectivity index (χ3v) is 3.36. The highest BCUT2D eigenvalue weighted by Gasteiger charge is 2.26. The van der Waals surface area contributed by atoms with Crippen LogP contribution in [0.1, 0.15) is 26.2 Å². The Balaban J connectivity index is 2.50. The first-order valence-electron chi connectivity index (χ1n) is 5.98. The van der Waals surface area contributed by atoms with E-state index in [2.05, 4.69) is 21.2 Å². The molecule has 1 aromatic rings. The molecule has 0 bridgehead atoms. The predicted octanol–water partition coefficient (Wildman–Crippen LogP) is 4.99. The molecule has 0 aliphatic rings. The van der Waals surface area contributed by atoms with Gasteiger partial charge in [0.1, 0.15) is 5.75 Å². The summed E-state index contributed by atoms with van der Waals surface area (Å²) in [5.41, 5.74) is 0.818. The molecule has 0 aliphatic heterocycles. The van der Waals surface area contributed by atoms with Crippen LogP contribution in [0.2, 0.25) is 0 Å². The molecular weight excluding hydrogens is 323 g/mol. The van der Waals surface area contributed by atoms with Crippen molar-refractivity contribution in [2.45, 2.75) is 38.4 Å². The van der Waals surface area contributed by atoms with E-state index < -0.39 is 12.6 Å². The van der Waals surface area contributed by atoms with Gasteiger partial charge in [0.15, 0.2) is 0 Å². The number of nitrogens with one attached hydrogen (secondary N) is 1. The summed E-state index contributed by atoms with van der Waals surface area (Å²) >= 11 is 3.39. The Hall–Kier alpha value is -0.910. The summed E-state index contributed by atoms with van der Waals surface area (Å²) in [6.07, 6.45) is -4.23. The summed E-state index contributed by atoms with van der Waals surface area (Å²) in [5.74, 6) is 0.702. The molecule has 6 heteroatoms. The summed E-state index contributed by atoms with van der Waals surface area (Å²) in [5, 5.41) is 3.18. The highest BCUT2D eigenvalue weighted by Crippen LogP contribution is 2.28. The molecule has 2 nitrogen and oxygen atoms in total. The largest absolute Gasteiger partial charge is 0.497 e. The maximum absolute atomic E-state index is 12.1. The van der Waals surface area contributed by atoms with Gasteiger partial charge in [-0.1, -0.05) is 0 Å². The van der Waals surface area contributed by atoms with Crippen LogP contribution < -0.4 is 10.1 Å². The van der Waals surface area contributed by atoms with Crippen LogP contribution in [0.15, 0.2) is 22.7 Å².